The molecule has 0 bridgehead atoms. The topological polar surface area (TPSA) is 38.9 Å². The van der Waals surface area contributed by atoms with Crippen molar-refractivity contribution in [2.75, 3.05) is 6.54 Å². The summed E-state index contributed by atoms with van der Waals surface area (Å²) in [5.74, 6) is 0.914. The summed E-state index contributed by atoms with van der Waals surface area (Å²) in [5.41, 5.74) is 7.56. The van der Waals surface area contributed by atoms with Crippen molar-refractivity contribution in [3.8, 4) is 0 Å². The number of halogens is 1. The van der Waals surface area contributed by atoms with Crippen molar-refractivity contribution in [3.63, 3.8) is 0 Å². The first kappa shape index (κ1) is 14.8. The molecule has 0 aromatic carbocycles. The lowest BCUT2D eigenvalue weighted by molar-refractivity contribution is 0.151. The summed E-state index contributed by atoms with van der Waals surface area (Å²) in [4.78, 5) is 4.06. The number of rotatable bonds is 5. The fourth-order valence-corrected chi connectivity index (χ4v) is 3.58. The Bertz CT molecular complexity index is 397. The summed E-state index contributed by atoms with van der Waals surface area (Å²) < 4.78 is 0. The molecule has 3 heteroatoms. The predicted molar refractivity (Wildman–Crippen MR) is 81.3 cm³/mol. The van der Waals surface area contributed by atoms with Crippen LogP contribution in [0.1, 0.15) is 51.0 Å². The van der Waals surface area contributed by atoms with E-state index in [0.29, 0.717) is 0 Å². The van der Waals surface area contributed by atoms with Crippen LogP contribution in [0.15, 0.2) is 18.5 Å². The SMILES string of the molecule is CCCC1CCC(CN)(Cc2ccncc2Cl)CC1. The molecule has 0 amide bonds. The minimum Gasteiger partial charge on any atom is -0.330 e. The lowest BCUT2D eigenvalue weighted by Crippen LogP contribution is -2.37. The number of hydrogen-bond donors (Lipinski definition) is 1. The van der Waals surface area contributed by atoms with Crippen molar-refractivity contribution < 1.29 is 0 Å². The Labute approximate surface area is 121 Å². The van der Waals surface area contributed by atoms with Crippen molar-refractivity contribution >= 4 is 11.6 Å². The van der Waals surface area contributed by atoms with Gasteiger partial charge in [0.1, 0.15) is 0 Å². The van der Waals surface area contributed by atoms with Crippen molar-refractivity contribution in [2.45, 2.75) is 51.9 Å². The average Bonchev–Trinajstić information content (AvgIpc) is 2.44. The molecule has 2 nitrogen and oxygen atoms in total. The zero-order valence-electron chi connectivity index (χ0n) is 11.9. The van der Waals surface area contributed by atoms with Crippen LogP contribution in [0, 0.1) is 11.3 Å². The standard InChI is InChI=1S/C16H25ClN2/c1-2-3-13-4-7-16(12-18,8-5-13)10-14-6-9-19-11-15(14)17/h6,9,11,13H,2-5,7-8,10,12,18H2,1H3. The van der Waals surface area contributed by atoms with E-state index in [1.54, 1.807) is 6.20 Å². The minimum absolute atomic E-state index is 0.259. The largest absolute Gasteiger partial charge is 0.330 e. The molecule has 106 valence electrons. The van der Waals surface area contributed by atoms with Crippen LogP contribution in [-0.4, -0.2) is 11.5 Å². The van der Waals surface area contributed by atoms with Crippen LogP contribution in [0.5, 0.6) is 0 Å². The van der Waals surface area contributed by atoms with E-state index in [4.69, 9.17) is 17.3 Å². The molecule has 1 fully saturated rings. The summed E-state index contributed by atoms with van der Waals surface area (Å²) in [6.07, 6.45) is 12.4. The Balaban J connectivity index is 2.02. The van der Waals surface area contributed by atoms with Gasteiger partial charge in [0.25, 0.3) is 0 Å². The summed E-state index contributed by atoms with van der Waals surface area (Å²) >= 11 is 6.24. The smallest absolute Gasteiger partial charge is 0.0621 e. The van der Waals surface area contributed by atoms with Crippen molar-refractivity contribution in [2.24, 2.45) is 17.1 Å². The van der Waals surface area contributed by atoms with Crippen molar-refractivity contribution in [1.29, 1.82) is 0 Å². The third-order valence-electron chi connectivity index (χ3n) is 4.72. The maximum absolute atomic E-state index is 6.24. The fourth-order valence-electron chi connectivity index (χ4n) is 3.39. The molecule has 1 heterocycles. The number of aromatic nitrogens is 1. The lowest BCUT2D eigenvalue weighted by Gasteiger charge is -2.40. The molecule has 0 atom stereocenters. The number of hydrogen-bond acceptors (Lipinski definition) is 2. The van der Waals surface area contributed by atoms with E-state index in [9.17, 15) is 0 Å². The molecule has 2 rings (SSSR count). The van der Waals surface area contributed by atoms with Crippen LogP contribution in [0.4, 0.5) is 0 Å². The van der Waals surface area contributed by atoms with Crippen LogP contribution in [0.2, 0.25) is 5.02 Å². The van der Waals surface area contributed by atoms with Gasteiger partial charge in [0, 0.05) is 12.4 Å². The molecular weight excluding hydrogens is 256 g/mol. The van der Waals surface area contributed by atoms with E-state index in [0.717, 1.165) is 23.9 Å². The molecule has 0 radical (unpaired) electrons. The van der Waals surface area contributed by atoms with E-state index in [2.05, 4.69) is 11.9 Å². The van der Waals surface area contributed by atoms with Gasteiger partial charge >= 0.3 is 0 Å². The second-order valence-corrected chi connectivity index (χ2v) is 6.49. The van der Waals surface area contributed by atoms with Crippen LogP contribution in [0.3, 0.4) is 0 Å². The van der Waals surface area contributed by atoms with E-state index < -0.39 is 0 Å². The monoisotopic (exact) mass is 280 g/mol. The highest BCUT2D eigenvalue weighted by atomic mass is 35.5. The third-order valence-corrected chi connectivity index (χ3v) is 5.06. The van der Waals surface area contributed by atoms with E-state index in [-0.39, 0.29) is 5.41 Å². The highest BCUT2D eigenvalue weighted by Gasteiger charge is 2.34. The number of pyridine rings is 1. The molecular formula is C16H25ClN2. The van der Waals surface area contributed by atoms with Crippen molar-refractivity contribution in [1.82, 2.24) is 4.98 Å². The molecule has 1 aliphatic carbocycles. The summed E-state index contributed by atoms with van der Waals surface area (Å²) in [6, 6.07) is 2.04. The Kier molecular flexibility index (Phi) is 5.23. The normalized spacial score (nSPS) is 27.4. The highest BCUT2D eigenvalue weighted by molar-refractivity contribution is 6.31. The third kappa shape index (κ3) is 3.70. The van der Waals surface area contributed by atoms with Crippen LogP contribution in [0.25, 0.3) is 0 Å². The van der Waals surface area contributed by atoms with Crippen LogP contribution in [-0.2, 0) is 6.42 Å². The predicted octanol–water partition coefficient (Wildman–Crippen LogP) is 4.21. The molecule has 1 saturated carbocycles. The Morgan fingerprint density at radius 2 is 2.16 bits per heavy atom. The molecule has 1 aromatic heterocycles. The minimum atomic E-state index is 0.259. The van der Waals surface area contributed by atoms with E-state index in [1.165, 1.54) is 44.1 Å². The van der Waals surface area contributed by atoms with Gasteiger partial charge in [-0.15, -0.1) is 0 Å². The van der Waals surface area contributed by atoms with Crippen LogP contribution >= 0.6 is 11.6 Å². The zero-order chi connectivity index (χ0) is 13.7. The summed E-state index contributed by atoms with van der Waals surface area (Å²) in [6.45, 7) is 3.05. The lowest BCUT2D eigenvalue weighted by atomic mass is 9.67. The number of nitrogens with two attached hydrogens (primary N) is 1. The van der Waals surface area contributed by atoms with Gasteiger partial charge in [-0.3, -0.25) is 4.98 Å². The molecule has 0 saturated heterocycles. The van der Waals surface area contributed by atoms with E-state index in [1.807, 2.05) is 12.3 Å². The molecule has 1 aliphatic rings. The second kappa shape index (κ2) is 6.71. The Hall–Kier alpha value is -0.600. The van der Waals surface area contributed by atoms with Gasteiger partial charge in [-0.25, -0.2) is 0 Å². The zero-order valence-corrected chi connectivity index (χ0v) is 12.6. The molecule has 0 aliphatic heterocycles. The quantitative estimate of drug-likeness (QED) is 0.877. The van der Waals surface area contributed by atoms with Crippen LogP contribution < -0.4 is 5.73 Å². The van der Waals surface area contributed by atoms with Gasteiger partial charge < -0.3 is 5.73 Å². The summed E-state index contributed by atoms with van der Waals surface area (Å²) in [5, 5.41) is 0.783. The first-order valence-corrected chi connectivity index (χ1v) is 7.85. The Morgan fingerprint density at radius 1 is 1.42 bits per heavy atom. The van der Waals surface area contributed by atoms with Crippen molar-refractivity contribution in [3.05, 3.63) is 29.0 Å². The van der Waals surface area contributed by atoms with Gasteiger partial charge in [-0.05, 0) is 61.6 Å². The van der Waals surface area contributed by atoms with Gasteiger partial charge in [-0.2, -0.15) is 0 Å². The average molecular weight is 281 g/mol. The van der Waals surface area contributed by atoms with Gasteiger partial charge in [0.15, 0.2) is 0 Å². The summed E-state index contributed by atoms with van der Waals surface area (Å²) in [7, 11) is 0. The molecule has 0 spiro atoms. The maximum atomic E-state index is 6.24. The van der Waals surface area contributed by atoms with Gasteiger partial charge in [0.2, 0.25) is 0 Å². The molecule has 2 N–H and O–H groups in total. The van der Waals surface area contributed by atoms with E-state index >= 15 is 0 Å². The molecule has 19 heavy (non-hydrogen) atoms. The maximum Gasteiger partial charge on any atom is 0.0621 e. The highest BCUT2D eigenvalue weighted by Crippen LogP contribution is 2.42. The van der Waals surface area contributed by atoms with Gasteiger partial charge in [-0.1, -0.05) is 31.4 Å². The Morgan fingerprint density at radius 3 is 2.74 bits per heavy atom. The first-order chi connectivity index (χ1) is 9.19. The van der Waals surface area contributed by atoms with Gasteiger partial charge in [0.05, 0.1) is 5.02 Å². The molecule has 0 unspecified atom stereocenters. The first-order valence-electron chi connectivity index (χ1n) is 7.47. The second-order valence-electron chi connectivity index (χ2n) is 6.08. The fraction of sp³-hybridized carbons (Fsp3) is 0.688. The number of nitrogens with zero attached hydrogens (tertiary/aromatic N) is 1. The molecule has 1 aromatic rings.